The fourth-order valence-corrected chi connectivity index (χ4v) is 3.59. The Kier molecular flexibility index (Phi) is 4.24. The molecule has 7 nitrogen and oxygen atoms in total. The number of ether oxygens (including phenoxy) is 1. The molecule has 0 aliphatic rings. The van der Waals surface area contributed by atoms with Gasteiger partial charge < -0.3 is 15.2 Å². The van der Waals surface area contributed by atoms with Gasteiger partial charge in [0.1, 0.15) is 5.01 Å². The van der Waals surface area contributed by atoms with Crippen LogP contribution in [0.25, 0.3) is 0 Å². The normalized spacial score (nSPS) is 13.6. The van der Waals surface area contributed by atoms with Gasteiger partial charge in [0.2, 0.25) is 11.0 Å². The molecule has 0 aliphatic heterocycles. The third-order valence-electron chi connectivity index (χ3n) is 3.07. The van der Waals surface area contributed by atoms with Crippen molar-refractivity contribution in [3.05, 3.63) is 39.4 Å². The van der Waals surface area contributed by atoms with E-state index in [4.69, 9.17) is 4.74 Å². The largest absolute Gasteiger partial charge is 0.481 e. The number of rotatable bonds is 5. The van der Waals surface area contributed by atoms with Gasteiger partial charge in [-0.2, -0.15) is 0 Å². The van der Waals surface area contributed by atoms with E-state index in [9.17, 15) is 5.11 Å². The Bertz CT molecular complexity index is 815. The van der Waals surface area contributed by atoms with E-state index in [-0.39, 0.29) is 0 Å². The fourth-order valence-electron chi connectivity index (χ4n) is 1.86. The molecule has 0 saturated carbocycles. The molecule has 3 aromatic heterocycles. The number of nitrogens with zero attached hydrogens (tertiary/aromatic N) is 4. The molecule has 120 valence electrons. The van der Waals surface area contributed by atoms with Gasteiger partial charge in [-0.1, -0.05) is 11.3 Å². The summed E-state index contributed by atoms with van der Waals surface area (Å²) in [6, 6.07) is 3.55. The summed E-state index contributed by atoms with van der Waals surface area (Å²) in [5.41, 5.74) is 0.397. The second-order valence-electron chi connectivity index (χ2n) is 4.99. The van der Waals surface area contributed by atoms with E-state index >= 15 is 0 Å². The quantitative estimate of drug-likeness (QED) is 0.731. The van der Waals surface area contributed by atoms with Crippen LogP contribution in [0.5, 0.6) is 5.88 Å². The first-order valence-corrected chi connectivity index (χ1v) is 8.44. The number of aryl methyl sites for hydroxylation is 1. The van der Waals surface area contributed by atoms with E-state index in [2.05, 4.69) is 25.5 Å². The van der Waals surface area contributed by atoms with Crippen molar-refractivity contribution in [2.75, 3.05) is 12.4 Å². The molecule has 3 aromatic rings. The van der Waals surface area contributed by atoms with E-state index in [1.807, 2.05) is 12.3 Å². The lowest BCUT2D eigenvalue weighted by Gasteiger charge is -2.16. The van der Waals surface area contributed by atoms with Crippen molar-refractivity contribution < 1.29 is 9.84 Å². The lowest BCUT2D eigenvalue weighted by Crippen LogP contribution is -2.22. The lowest BCUT2D eigenvalue weighted by atomic mass is 10.1. The maximum Gasteiger partial charge on any atom is 0.214 e. The predicted octanol–water partition coefficient (Wildman–Crippen LogP) is 2.71. The highest BCUT2D eigenvalue weighted by Crippen LogP contribution is 2.35. The zero-order valence-electron chi connectivity index (χ0n) is 12.8. The van der Waals surface area contributed by atoms with E-state index in [1.165, 1.54) is 22.7 Å². The summed E-state index contributed by atoms with van der Waals surface area (Å²) in [4.78, 5) is 8.38. The van der Waals surface area contributed by atoms with Gasteiger partial charge in [-0.25, -0.2) is 9.97 Å². The number of nitrogens with one attached hydrogen (secondary N) is 1. The molecule has 2 N–H and O–H groups in total. The van der Waals surface area contributed by atoms with Gasteiger partial charge in [-0.15, -0.1) is 21.5 Å². The first kappa shape index (κ1) is 15.8. The number of thiazole rings is 1. The molecule has 1 atom stereocenters. The van der Waals surface area contributed by atoms with Crippen LogP contribution in [0.3, 0.4) is 0 Å². The highest BCUT2D eigenvalue weighted by Gasteiger charge is 2.33. The minimum atomic E-state index is -1.26. The molecule has 0 bridgehead atoms. The minimum absolute atomic E-state index is 0.482. The molecule has 1 unspecified atom stereocenters. The van der Waals surface area contributed by atoms with Crippen LogP contribution in [0.2, 0.25) is 0 Å². The van der Waals surface area contributed by atoms with Crippen molar-refractivity contribution in [3.63, 3.8) is 0 Å². The Labute approximate surface area is 141 Å². The van der Waals surface area contributed by atoms with E-state index in [0.29, 0.717) is 21.0 Å². The number of methoxy groups -OCH3 is 1. The number of pyridine rings is 1. The second-order valence-corrected chi connectivity index (χ2v) is 6.83. The molecule has 0 saturated heterocycles. The summed E-state index contributed by atoms with van der Waals surface area (Å²) >= 11 is 2.68. The number of aliphatic hydroxyl groups is 1. The molecule has 3 rings (SSSR count). The summed E-state index contributed by atoms with van der Waals surface area (Å²) in [6.45, 7) is 3.56. The topological polar surface area (TPSA) is 93.0 Å². The maximum atomic E-state index is 10.7. The Morgan fingerprint density at radius 2 is 2.13 bits per heavy atom. The minimum Gasteiger partial charge on any atom is -0.481 e. The summed E-state index contributed by atoms with van der Waals surface area (Å²) in [7, 11) is 1.56. The van der Waals surface area contributed by atoms with Crippen LogP contribution in [-0.2, 0) is 5.60 Å². The first-order chi connectivity index (χ1) is 11.0. The second kappa shape index (κ2) is 6.19. The van der Waals surface area contributed by atoms with Gasteiger partial charge in [0.05, 0.1) is 7.11 Å². The summed E-state index contributed by atoms with van der Waals surface area (Å²) in [6.07, 6.45) is 1.64. The van der Waals surface area contributed by atoms with E-state index < -0.39 is 5.60 Å². The molecule has 9 heteroatoms. The highest BCUT2D eigenvalue weighted by atomic mass is 32.1. The Morgan fingerprint density at radius 1 is 1.30 bits per heavy atom. The Hall–Kier alpha value is -2.10. The van der Waals surface area contributed by atoms with Gasteiger partial charge in [-0.05, 0) is 19.9 Å². The third-order valence-corrected chi connectivity index (χ3v) is 5.29. The molecule has 0 radical (unpaired) electrons. The zero-order valence-corrected chi connectivity index (χ0v) is 14.4. The van der Waals surface area contributed by atoms with Gasteiger partial charge in [0, 0.05) is 29.0 Å². The Morgan fingerprint density at radius 3 is 2.83 bits per heavy atom. The maximum absolute atomic E-state index is 10.7. The molecule has 0 aromatic carbocycles. The SMILES string of the molecule is COc1cc(Nc2nnc(C(C)(O)c3nc(C)cs3)s2)ccn1. The van der Waals surface area contributed by atoms with Gasteiger partial charge in [-0.3, -0.25) is 0 Å². The van der Waals surface area contributed by atoms with Gasteiger partial charge >= 0.3 is 0 Å². The lowest BCUT2D eigenvalue weighted by molar-refractivity contribution is 0.101. The van der Waals surface area contributed by atoms with Gasteiger partial charge in [0.25, 0.3) is 0 Å². The smallest absolute Gasteiger partial charge is 0.214 e. The van der Waals surface area contributed by atoms with Crippen LogP contribution in [0.4, 0.5) is 10.8 Å². The van der Waals surface area contributed by atoms with E-state index in [0.717, 1.165) is 11.4 Å². The number of hydrogen-bond donors (Lipinski definition) is 2. The zero-order chi connectivity index (χ0) is 16.4. The van der Waals surface area contributed by atoms with E-state index in [1.54, 1.807) is 32.4 Å². The highest BCUT2D eigenvalue weighted by molar-refractivity contribution is 7.15. The van der Waals surface area contributed by atoms with Crippen LogP contribution in [0, 0.1) is 6.92 Å². The van der Waals surface area contributed by atoms with Crippen molar-refractivity contribution in [2.45, 2.75) is 19.4 Å². The molecule has 0 aliphatic carbocycles. The molecule has 0 fully saturated rings. The fraction of sp³-hybridized carbons (Fsp3) is 0.286. The van der Waals surface area contributed by atoms with Crippen molar-refractivity contribution in [1.29, 1.82) is 0 Å². The van der Waals surface area contributed by atoms with Crippen LogP contribution >= 0.6 is 22.7 Å². The third kappa shape index (κ3) is 3.31. The van der Waals surface area contributed by atoms with Crippen molar-refractivity contribution in [2.24, 2.45) is 0 Å². The number of aromatic nitrogens is 4. The van der Waals surface area contributed by atoms with Crippen LogP contribution in [0.1, 0.15) is 22.6 Å². The molecule has 0 spiro atoms. The van der Waals surface area contributed by atoms with Gasteiger partial charge in [0.15, 0.2) is 10.6 Å². The molecular formula is C14H15N5O2S2. The first-order valence-electron chi connectivity index (χ1n) is 6.75. The predicted molar refractivity (Wildman–Crippen MR) is 89.5 cm³/mol. The summed E-state index contributed by atoms with van der Waals surface area (Å²) in [5, 5.41) is 25.6. The molecular weight excluding hydrogens is 334 g/mol. The van der Waals surface area contributed by atoms with Crippen LogP contribution < -0.4 is 10.1 Å². The number of hydrogen-bond acceptors (Lipinski definition) is 9. The van der Waals surface area contributed by atoms with Crippen molar-refractivity contribution >= 4 is 33.5 Å². The summed E-state index contributed by atoms with van der Waals surface area (Å²) in [5.74, 6) is 0.505. The van der Waals surface area contributed by atoms with Crippen LogP contribution in [-0.4, -0.2) is 32.4 Å². The average molecular weight is 349 g/mol. The monoisotopic (exact) mass is 349 g/mol. The molecule has 23 heavy (non-hydrogen) atoms. The molecule has 3 heterocycles. The van der Waals surface area contributed by atoms with Crippen LogP contribution in [0.15, 0.2) is 23.7 Å². The average Bonchev–Trinajstić information content (AvgIpc) is 3.17. The van der Waals surface area contributed by atoms with Crippen molar-refractivity contribution in [3.8, 4) is 5.88 Å². The number of anilines is 2. The summed E-state index contributed by atoms with van der Waals surface area (Å²) < 4.78 is 5.08. The molecule has 0 amide bonds. The Balaban J connectivity index is 1.82. The van der Waals surface area contributed by atoms with Crippen molar-refractivity contribution in [1.82, 2.24) is 20.2 Å². The standard InChI is InChI=1S/C14H15N5O2S2/c1-8-7-22-11(16-8)14(2,20)12-18-19-13(23-12)17-9-4-5-15-10(6-9)21-3/h4-7,20H,1-3H3,(H,15,17,19).